The summed E-state index contributed by atoms with van der Waals surface area (Å²) in [6.45, 7) is 12.9. The van der Waals surface area contributed by atoms with Crippen molar-refractivity contribution < 1.29 is 38.4 Å². The molecular formula is C34H40O8. The van der Waals surface area contributed by atoms with Crippen molar-refractivity contribution >= 4 is 29.6 Å². The van der Waals surface area contributed by atoms with Crippen LogP contribution >= 0.6 is 0 Å². The molecule has 2 aromatic rings. The Kier molecular flexibility index (Phi) is 12.1. The van der Waals surface area contributed by atoms with Crippen LogP contribution in [-0.2, 0) is 36.7 Å². The summed E-state index contributed by atoms with van der Waals surface area (Å²) in [5.41, 5.74) is 4.91. The van der Waals surface area contributed by atoms with Crippen LogP contribution in [-0.4, -0.2) is 42.5 Å². The SMILES string of the molecule is C=C(C)C(=O)OCCCCc1cc(CCCCOC(=O)CC)cc2c1OC(O)C(c1ccc(OC(=O)C(=C)C)cc1)=C2. The van der Waals surface area contributed by atoms with Crippen LogP contribution in [0.15, 0.2) is 60.7 Å². The Bertz CT molecular complexity index is 1340. The molecule has 224 valence electrons. The first-order chi connectivity index (χ1) is 20.1. The lowest BCUT2D eigenvalue weighted by atomic mass is 9.93. The Morgan fingerprint density at radius 2 is 1.52 bits per heavy atom. The molecule has 1 heterocycles. The molecular weight excluding hydrogens is 536 g/mol. The van der Waals surface area contributed by atoms with Crippen LogP contribution in [0.25, 0.3) is 11.6 Å². The fourth-order valence-electron chi connectivity index (χ4n) is 4.34. The quantitative estimate of drug-likeness (QED) is 0.117. The summed E-state index contributed by atoms with van der Waals surface area (Å²) in [5, 5.41) is 10.9. The minimum absolute atomic E-state index is 0.199. The molecule has 1 aliphatic heterocycles. The van der Waals surface area contributed by atoms with E-state index in [2.05, 4.69) is 25.3 Å². The number of carbonyl (C=O) groups excluding carboxylic acids is 3. The maximum absolute atomic E-state index is 11.8. The van der Waals surface area contributed by atoms with Gasteiger partial charge in [-0.2, -0.15) is 0 Å². The highest BCUT2D eigenvalue weighted by Gasteiger charge is 2.25. The minimum Gasteiger partial charge on any atom is -0.466 e. The van der Waals surface area contributed by atoms with E-state index in [4.69, 9.17) is 18.9 Å². The molecule has 0 fully saturated rings. The summed E-state index contributed by atoms with van der Waals surface area (Å²) in [7, 11) is 0. The summed E-state index contributed by atoms with van der Waals surface area (Å²) in [5.74, 6) is -0.102. The van der Waals surface area contributed by atoms with Gasteiger partial charge >= 0.3 is 17.9 Å². The molecule has 0 spiro atoms. The standard InChI is InChI=1S/C34H40O8/c1-6-30(35)39-17-9-7-11-24-19-26(12-8-10-18-40-32(36)22(2)3)31-27(20-24)21-29(34(38)42-31)25-13-15-28(16-14-25)41-33(37)23(4)5/h13-16,19-21,34,38H,2,4,6-12,17-18H2,1,3,5H3. The zero-order valence-electron chi connectivity index (χ0n) is 24.7. The zero-order valence-corrected chi connectivity index (χ0v) is 24.7. The molecule has 0 aromatic heterocycles. The number of unbranched alkanes of at least 4 members (excludes halogenated alkanes) is 2. The van der Waals surface area contributed by atoms with Gasteiger partial charge in [0.15, 0.2) is 0 Å². The Hall–Kier alpha value is -4.17. The molecule has 2 aromatic carbocycles. The molecule has 8 nitrogen and oxygen atoms in total. The Balaban J connectivity index is 1.79. The van der Waals surface area contributed by atoms with E-state index in [1.165, 1.54) is 0 Å². The monoisotopic (exact) mass is 576 g/mol. The number of esters is 3. The van der Waals surface area contributed by atoms with E-state index in [-0.39, 0.29) is 5.97 Å². The van der Waals surface area contributed by atoms with E-state index in [0.717, 1.165) is 47.9 Å². The topological polar surface area (TPSA) is 108 Å². The predicted molar refractivity (Wildman–Crippen MR) is 161 cm³/mol. The number of carbonyl (C=O) groups is 3. The van der Waals surface area contributed by atoms with Gasteiger partial charge in [0, 0.05) is 28.7 Å². The van der Waals surface area contributed by atoms with Crippen molar-refractivity contribution in [1.82, 2.24) is 0 Å². The summed E-state index contributed by atoms with van der Waals surface area (Å²) < 4.78 is 21.7. The maximum Gasteiger partial charge on any atom is 0.338 e. The summed E-state index contributed by atoms with van der Waals surface area (Å²) in [6.07, 6.45) is 5.59. The second-order valence-corrected chi connectivity index (χ2v) is 10.3. The largest absolute Gasteiger partial charge is 0.466 e. The van der Waals surface area contributed by atoms with Crippen molar-refractivity contribution in [3.05, 3.63) is 83.0 Å². The highest BCUT2D eigenvalue weighted by atomic mass is 16.6. The van der Waals surface area contributed by atoms with Gasteiger partial charge in [0.2, 0.25) is 6.29 Å². The Morgan fingerprint density at radius 1 is 0.881 bits per heavy atom. The number of aliphatic hydroxyl groups excluding tert-OH is 1. The van der Waals surface area contributed by atoms with Gasteiger partial charge in [-0.1, -0.05) is 38.3 Å². The second-order valence-electron chi connectivity index (χ2n) is 10.3. The van der Waals surface area contributed by atoms with Crippen LogP contribution in [0.1, 0.15) is 75.1 Å². The number of hydrogen-bond acceptors (Lipinski definition) is 8. The Labute approximate surface area is 247 Å². The van der Waals surface area contributed by atoms with Crippen molar-refractivity contribution in [3.8, 4) is 11.5 Å². The molecule has 1 N–H and O–H groups in total. The van der Waals surface area contributed by atoms with Crippen LogP contribution in [0.5, 0.6) is 11.5 Å². The van der Waals surface area contributed by atoms with Crippen molar-refractivity contribution in [2.45, 2.75) is 72.0 Å². The number of rotatable bonds is 15. The first-order valence-corrected chi connectivity index (χ1v) is 14.3. The molecule has 1 unspecified atom stereocenters. The third kappa shape index (κ3) is 9.45. The van der Waals surface area contributed by atoms with Gasteiger partial charge in [-0.15, -0.1) is 0 Å². The first-order valence-electron chi connectivity index (χ1n) is 14.3. The number of aliphatic hydroxyl groups is 1. The fourth-order valence-corrected chi connectivity index (χ4v) is 4.34. The molecule has 1 atom stereocenters. The van der Waals surface area contributed by atoms with Crippen molar-refractivity contribution in [2.75, 3.05) is 13.2 Å². The van der Waals surface area contributed by atoms with Crippen molar-refractivity contribution in [2.24, 2.45) is 0 Å². The third-order valence-corrected chi connectivity index (χ3v) is 6.64. The highest BCUT2D eigenvalue weighted by molar-refractivity contribution is 5.89. The van der Waals surface area contributed by atoms with Crippen LogP contribution in [0, 0.1) is 0 Å². The molecule has 0 amide bonds. The zero-order chi connectivity index (χ0) is 30.6. The van der Waals surface area contributed by atoms with Crippen molar-refractivity contribution in [1.29, 1.82) is 0 Å². The molecule has 42 heavy (non-hydrogen) atoms. The maximum atomic E-state index is 11.8. The van der Waals surface area contributed by atoms with Gasteiger partial charge < -0.3 is 24.1 Å². The number of benzene rings is 2. The third-order valence-electron chi connectivity index (χ3n) is 6.64. The first kappa shape index (κ1) is 32.3. The number of hydrogen-bond donors (Lipinski definition) is 1. The summed E-state index contributed by atoms with van der Waals surface area (Å²) >= 11 is 0. The van der Waals surface area contributed by atoms with Gasteiger partial charge in [-0.3, -0.25) is 4.79 Å². The molecule has 0 saturated carbocycles. The van der Waals surface area contributed by atoms with Crippen LogP contribution < -0.4 is 9.47 Å². The van der Waals surface area contributed by atoms with E-state index in [1.54, 1.807) is 45.0 Å². The van der Waals surface area contributed by atoms with E-state index in [1.807, 2.05) is 6.08 Å². The minimum atomic E-state index is -1.18. The van der Waals surface area contributed by atoms with Crippen LogP contribution in [0.3, 0.4) is 0 Å². The van der Waals surface area contributed by atoms with Crippen molar-refractivity contribution in [3.63, 3.8) is 0 Å². The van der Waals surface area contributed by atoms with Gasteiger partial charge in [0.05, 0.1) is 13.2 Å². The van der Waals surface area contributed by atoms with Gasteiger partial charge in [-0.25, -0.2) is 9.59 Å². The lowest BCUT2D eigenvalue weighted by Gasteiger charge is -2.26. The smallest absolute Gasteiger partial charge is 0.338 e. The number of ether oxygens (including phenoxy) is 4. The molecule has 0 radical (unpaired) electrons. The fraction of sp³-hybridized carbons (Fsp3) is 0.382. The number of aryl methyl sites for hydroxylation is 2. The van der Waals surface area contributed by atoms with Crippen LogP contribution in [0.2, 0.25) is 0 Å². The van der Waals surface area contributed by atoms with Gasteiger partial charge in [0.25, 0.3) is 0 Å². The van der Waals surface area contributed by atoms with Crippen LogP contribution in [0.4, 0.5) is 0 Å². The van der Waals surface area contributed by atoms with Gasteiger partial charge in [-0.05, 0) is 93.3 Å². The lowest BCUT2D eigenvalue weighted by Crippen LogP contribution is -2.22. The Morgan fingerprint density at radius 3 is 2.17 bits per heavy atom. The second kappa shape index (κ2) is 15.7. The number of fused-ring (bicyclic) bond motifs is 1. The normalized spacial score (nSPS) is 13.7. The highest BCUT2D eigenvalue weighted by Crippen LogP contribution is 2.38. The molecule has 1 aliphatic rings. The molecule has 8 heteroatoms. The average molecular weight is 577 g/mol. The van der Waals surface area contributed by atoms with E-state index < -0.39 is 18.2 Å². The predicted octanol–water partition coefficient (Wildman–Crippen LogP) is 6.14. The van der Waals surface area contributed by atoms with E-state index >= 15 is 0 Å². The molecule has 0 aliphatic carbocycles. The molecule has 0 bridgehead atoms. The van der Waals surface area contributed by atoms with Gasteiger partial charge in [0.1, 0.15) is 11.5 Å². The lowest BCUT2D eigenvalue weighted by molar-refractivity contribution is -0.143. The molecule has 3 rings (SSSR count). The summed E-state index contributed by atoms with van der Waals surface area (Å²) in [4.78, 5) is 34.9. The summed E-state index contributed by atoms with van der Waals surface area (Å²) in [6, 6.07) is 11.0. The van der Waals surface area contributed by atoms with E-state index in [9.17, 15) is 19.5 Å². The average Bonchev–Trinajstić information content (AvgIpc) is 2.96. The molecule has 0 saturated heterocycles. The van der Waals surface area contributed by atoms with E-state index in [0.29, 0.717) is 60.7 Å².